The second-order valence-corrected chi connectivity index (χ2v) is 9.08. The first-order valence-corrected chi connectivity index (χ1v) is 11.8. The quantitative estimate of drug-likeness (QED) is 0.329. The number of nitrogens with zero attached hydrogens (tertiary/aromatic N) is 3. The summed E-state index contributed by atoms with van der Waals surface area (Å²) in [6.45, 7) is 3.24. The Bertz CT molecular complexity index is 1420. The third-order valence-electron chi connectivity index (χ3n) is 6.45. The van der Waals surface area contributed by atoms with Crippen LogP contribution in [0, 0.1) is 0 Å². The number of rotatable bonds is 5. The monoisotopic (exact) mass is 507 g/mol. The molecule has 0 radical (unpaired) electrons. The molecular weight excluding hydrogens is 483 g/mol. The van der Waals surface area contributed by atoms with E-state index in [1.165, 1.54) is 4.90 Å². The highest BCUT2D eigenvalue weighted by Crippen LogP contribution is 2.42. The van der Waals surface area contributed by atoms with Gasteiger partial charge >= 0.3 is 6.18 Å². The second-order valence-electron chi connectivity index (χ2n) is 9.08. The average Bonchev–Trinajstić information content (AvgIpc) is 3.58. The first-order chi connectivity index (χ1) is 17.7. The van der Waals surface area contributed by atoms with Crippen molar-refractivity contribution in [2.45, 2.75) is 32.1 Å². The number of carbonyl (C=O) groups is 2. The summed E-state index contributed by atoms with van der Waals surface area (Å²) in [5, 5.41) is 0. The van der Waals surface area contributed by atoms with Crippen molar-refractivity contribution in [2.24, 2.45) is 0 Å². The Hall–Kier alpha value is -4.27. The lowest BCUT2D eigenvalue weighted by atomic mass is 10.0. The Kier molecular flexibility index (Phi) is 6.15. The summed E-state index contributed by atoms with van der Waals surface area (Å²) >= 11 is 0. The molecule has 9 heteroatoms. The number of halogens is 3. The lowest BCUT2D eigenvalue weighted by Gasteiger charge is -2.38. The van der Waals surface area contributed by atoms with Gasteiger partial charge in [0.2, 0.25) is 5.91 Å². The fourth-order valence-corrected chi connectivity index (χ4v) is 4.66. The minimum absolute atomic E-state index is 0.0741. The van der Waals surface area contributed by atoms with Crippen LogP contribution in [-0.2, 0) is 11.0 Å². The number of para-hydroxylation sites is 2. The number of hydrogen-bond acceptors (Lipinski definition) is 3. The standard InChI is InChI=1S/C28H24F3N3O3/c1-18(2)33(27(36)19-11-13-20(14-12-19)28(29,30)31)17-25(35)34-22-8-4-3-7-21(22)32-15-5-9-23(32)26(34)24-10-6-16-37-24/h3-16,18,26H,17H2,1-2H3. The Labute approximate surface area is 211 Å². The predicted octanol–water partition coefficient (Wildman–Crippen LogP) is 6.08. The van der Waals surface area contributed by atoms with E-state index < -0.39 is 23.7 Å². The van der Waals surface area contributed by atoms with Crippen LogP contribution in [-0.4, -0.2) is 33.9 Å². The van der Waals surface area contributed by atoms with E-state index in [1.54, 1.807) is 37.1 Å². The first-order valence-electron chi connectivity index (χ1n) is 11.8. The number of furan rings is 1. The molecular formula is C28H24F3N3O3. The van der Waals surface area contributed by atoms with E-state index >= 15 is 0 Å². The molecule has 5 rings (SSSR count). The van der Waals surface area contributed by atoms with Crippen LogP contribution < -0.4 is 4.90 Å². The lowest BCUT2D eigenvalue weighted by Crippen LogP contribution is -2.48. The van der Waals surface area contributed by atoms with E-state index in [2.05, 4.69) is 0 Å². The molecule has 2 aromatic heterocycles. The summed E-state index contributed by atoms with van der Waals surface area (Å²) < 4.78 is 46.7. The fraction of sp³-hybridized carbons (Fsp3) is 0.214. The molecule has 0 saturated carbocycles. The zero-order chi connectivity index (χ0) is 26.3. The molecule has 1 atom stereocenters. The lowest BCUT2D eigenvalue weighted by molar-refractivity contribution is -0.137. The van der Waals surface area contributed by atoms with Gasteiger partial charge in [-0.3, -0.25) is 14.5 Å². The van der Waals surface area contributed by atoms with Gasteiger partial charge in [-0.1, -0.05) is 12.1 Å². The molecule has 3 heterocycles. The van der Waals surface area contributed by atoms with Crippen molar-refractivity contribution in [1.82, 2.24) is 9.47 Å². The van der Waals surface area contributed by atoms with Gasteiger partial charge in [0.25, 0.3) is 5.91 Å². The summed E-state index contributed by atoms with van der Waals surface area (Å²) in [6, 6.07) is 17.9. The molecule has 1 aliphatic heterocycles. The van der Waals surface area contributed by atoms with E-state index in [-0.39, 0.29) is 24.1 Å². The van der Waals surface area contributed by atoms with E-state index in [1.807, 2.05) is 47.2 Å². The molecule has 2 aromatic carbocycles. The van der Waals surface area contributed by atoms with Crippen molar-refractivity contribution in [2.75, 3.05) is 11.4 Å². The van der Waals surface area contributed by atoms with E-state index in [0.717, 1.165) is 35.6 Å². The van der Waals surface area contributed by atoms with Crippen molar-refractivity contribution in [3.8, 4) is 5.69 Å². The molecule has 0 spiro atoms. The van der Waals surface area contributed by atoms with Gasteiger partial charge in [-0.15, -0.1) is 0 Å². The van der Waals surface area contributed by atoms with Crippen LogP contribution in [0.5, 0.6) is 0 Å². The van der Waals surface area contributed by atoms with Crippen LogP contribution in [0.25, 0.3) is 5.69 Å². The van der Waals surface area contributed by atoms with E-state index in [9.17, 15) is 22.8 Å². The highest BCUT2D eigenvalue weighted by atomic mass is 19.4. The molecule has 37 heavy (non-hydrogen) atoms. The van der Waals surface area contributed by atoms with Crippen molar-refractivity contribution >= 4 is 17.5 Å². The van der Waals surface area contributed by atoms with Crippen LogP contribution in [0.3, 0.4) is 0 Å². The number of aromatic nitrogens is 1. The number of alkyl halides is 3. The van der Waals surface area contributed by atoms with Gasteiger partial charge in [-0.05, 0) is 74.5 Å². The summed E-state index contributed by atoms with van der Waals surface area (Å²) in [7, 11) is 0. The number of amides is 2. The van der Waals surface area contributed by atoms with Gasteiger partial charge in [0.15, 0.2) is 0 Å². The Morgan fingerprint density at radius 1 is 0.946 bits per heavy atom. The summed E-state index contributed by atoms with van der Waals surface area (Å²) in [4.78, 5) is 30.3. The average molecular weight is 508 g/mol. The Morgan fingerprint density at radius 2 is 1.65 bits per heavy atom. The zero-order valence-corrected chi connectivity index (χ0v) is 20.1. The zero-order valence-electron chi connectivity index (χ0n) is 20.1. The maximum atomic E-state index is 14.0. The van der Waals surface area contributed by atoms with Gasteiger partial charge in [-0.2, -0.15) is 13.2 Å². The van der Waals surface area contributed by atoms with Crippen molar-refractivity contribution in [3.05, 3.63) is 108 Å². The summed E-state index contributed by atoms with van der Waals surface area (Å²) in [6.07, 6.45) is -1.05. The largest absolute Gasteiger partial charge is 0.467 e. The van der Waals surface area contributed by atoms with Crippen molar-refractivity contribution in [1.29, 1.82) is 0 Å². The van der Waals surface area contributed by atoms with Gasteiger partial charge in [-0.25, -0.2) is 0 Å². The first kappa shape index (κ1) is 24.4. The highest BCUT2D eigenvalue weighted by Gasteiger charge is 2.39. The van der Waals surface area contributed by atoms with Crippen molar-refractivity contribution < 1.29 is 27.2 Å². The fourth-order valence-electron chi connectivity index (χ4n) is 4.66. The molecule has 2 amide bonds. The van der Waals surface area contributed by atoms with Crippen LogP contribution in [0.4, 0.5) is 18.9 Å². The minimum Gasteiger partial charge on any atom is -0.467 e. The van der Waals surface area contributed by atoms with Gasteiger partial charge in [0, 0.05) is 17.8 Å². The number of carbonyl (C=O) groups excluding carboxylic acids is 2. The van der Waals surface area contributed by atoms with E-state index in [4.69, 9.17) is 4.42 Å². The molecule has 4 aromatic rings. The maximum absolute atomic E-state index is 14.0. The van der Waals surface area contributed by atoms with Crippen LogP contribution in [0.1, 0.15) is 47.3 Å². The minimum atomic E-state index is -4.50. The molecule has 0 aliphatic carbocycles. The topological polar surface area (TPSA) is 58.7 Å². The number of fused-ring (bicyclic) bond motifs is 3. The van der Waals surface area contributed by atoms with Gasteiger partial charge < -0.3 is 13.9 Å². The number of hydrogen-bond donors (Lipinski definition) is 0. The van der Waals surface area contributed by atoms with E-state index in [0.29, 0.717) is 11.4 Å². The summed E-state index contributed by atoms with van der Waals surface area (Å²) in [5.74, 6) is -0.316. The van der Waals surface area contributed by atoms with Gasteiger partial charge in [0.1, 0.15) is 18.3 Å². The van der Waals surface area contributed by atoms with Crippen LogP contribution in [0.15, 0.2) is 89.7 Å². The molecule has 0 bridgehead atoms. The van der Waals surface area contributed by atoms with Gasteiger partial charge in [0.05, 0.1) is 28.9 Å². The molecule has 6 nitrogen and oxygen atoms in total. The molecule has 190 valence electrons. The van der Waals surface area contributed by atoms with Crippen LogP contribution >= 0.6 is 0 Å². The Morgan fingerprint density at radius 3 is 2.27 bits per heavy atom. The molecule has 1 aliphatic rings. The van der Waals surface area contributed by atoms with Crippen LogP contribution in [0.2, 0.25) is 0 Å². The predicted molar refractivity (Wildman–Crippen MR) is 131 cm³/mol. The summed E-state index contributed by atoms with van der Waals surface area (Å²) in [5.41, 5.74) is 1.52. The third-order valence-corrected chi connectivity index (χ3v) is 6.45. The number of anilines is 1. The molecule has 0 fully saturated rings. The molecule has 1 unspecified atom stereocenters. The third kappa shape index (κ3) is 4.41. The molecule has 0 N–H and O–H groups in total. The highest BCUT2D eigenvalue weighted by molar-refractivity contribution is 6.02. The normalized spacial score (nSPS) is 14.9. The number of benzene rings is 2. The second kappa shape index (κ2) is 9.31. The SMILES string of the molecule is CC(C)N(CC(=O)N1c2ccccc2-n2cccc2C1c1ccco1)C(=O)c1ccc(C(F)(F)F)cc1. The molecule has 0 saturated heterocycles. The Balaban J connectivity index is 1.50. The van der Waals surface area contributed by atoms with Crippen molar-refractivity contribution in [3.63, 3.8) is 0 Å². The smallest absolute Gasteiger partial charge is 0.416 e. The maximum Gasteiger partial charge on any atom is 0.416 e.